The van der Waals surface area contributed by atoms with E-state index >= 15 is 0 Å². The van der Waals surface area contributed by atoms with Gasteiger partial charge in [0.25, 0.3) is 0 Å². The van der Waals surface area contributed by atoms with E-state index in [0.717, 1.165) is 30.8 Å². The maximum absolute atomic E-state index is 11.9. The Morgan fingerprint density at radius 1 is 1.18 bits per heavy atom. The zero-order chi connectivity index (χ0) is 20.3. The van der Waals surface area contributed by atoms with Crippen LogP contribution in [0.25, 0.3) is 0 Å². The molecule has 3 atom stereocenters. The second kappa shape index (κ2) is 8.59. The van der Waals surface area contributed by atoms with Crippen LogP contribution in [0.15, 0.2) is 61.2 Å². The topological polar surface area (TPSA) is 64.0 Å². The minimum absolute atomic E-state index is 0.182. The summed E-state index contributed by atoms with van der Waals surface area (Å²) in [5.74, 6) is -0.756. The lowest BCUT2D eigenvalue weighted by Crippen LogP contribution is -2.57. The Balaban J connectivity index is 2.08. The molecule has 1 aliphatic heterocycles. The second-order valence-electron chi connectivity index (χ2n) is 7.53. The molecule has 2 unspecified atom stereocenters. The molecule has 0 radical (unpaired) electrons. The third-order valence-electron chi connectivity index (χ3n) is 5.53. The van der Waals surface area contributed by atoms with Crippen molar-refractivity contribution in [1.29, 1.82) is 0 Å². The highest BCUT2D eigenvalue weighted by atomic mass is 16.4. The van der Waals surface area contributed by atoms with Crippen molar-refractivity contribution >= 4 is 5.97 Å². The van der Waals surface area contributed by atoms with Gasteiger partial charge in [0.05, 0.1) is 11.6 Å². The summed E-state index contributed by atoms with van der Waals surface area (Å²) in [7, 11) is 0. The molecule has 2 aromatic carbocycles. The number of phenols is 1. The minimum Gasteiger partial charge on any atom is -0.508 e. The van der Waals surface area contributed by atoms with E-state index in [9.17, 15) is 15.0 Å². The Hall–Kier alpha value is -2.63. The molecule has 0 spiro atoms. The molecule has 5 nitrogen and oxygen atoms in total. The van der Waals surface area contributed by atoms with E-state index in [0.29, 0.717) is 11.6 Å². The van der Waals surface area contributed by atoms with Crippen molar-refractivity contribution in [2.45, 2.75) is 32.0 Å². The lowest BCUT2D eigenvalue weighted by molar-refractivity contribution is 0.0301. The van der Waals surface area contributed by atoms with Gasteiger partial charge in [-0.1, -0.05) is 36.4 Å². The Kier molecular flexibility index (Phi) is 6.17. The highest BCUT2D eigenvalue weighted by Crippen LogP contribution is 2.36. The van der Waals surface area contributed by atoms with Gasteiger partial charge in [-0.2, -0.15) is 0 Å². The van der Waals surface area contributed by atoms with Crippen LogP contribution in [-0.2, 0) is 0 Å². The van der Waals surface area contributed by atoms with Crippen molar-refractivity contribution in [3.8, 4) is 5.75 Å². The Morgan fingerprint density at radius 2 is 1.93 bits per heavy atom. The average molecular weight is 380 g/mol. The largest absolute Gasteiger partial charge is 0.508 e. The van der Waals surface area contributed by atoms with Gasteiger partial charge in [0, 0.05) is 31.7 Å². The molecular weight excluding hydrogens is 352 g/mol. The number of hydrogen-bond acceptors (Lipinski definition) is 4. The van der Waals surface area contributed by atoms with Gasteiger partial charge in [-0.15, -0.1) is 6.58 Å². The minimum atomic E-state index is -0.938. The fraction of sp³-hybridized carbons (Fsp3) is 0.348. The van der Waals surface area contributed by atoms with Crippen LogP contribution >= 0.6 is 0 Å². The summed E-state index contributed by atoms with van der Waals surface area (Å²) in [5.41, 5.74) is 1.94. The quantitative estimate of drug-likeness (QED) is 0.747. The van der Waals surface area contributed by atoms with E-state index in [1.807, 2.05) is 30.3 Å². The first-order valence-corrected chi connectivity index (χ1v) is 9.64. The molecular formula is C23H28N2O3. The van der Waals surface area contributed by atoms with Crippen LogP contribution < -0.4 is 0 Å². The van der Waals surface area contributed by atoms with Gasteiger partial charge in [-0.3, -0.25) is 9.80 Å². The van der Waals surface area contributed by atoms with Crippen LogP contribution in [0.4, 0.5) is 0 Å². The number of piperazine rings is 1. The summed E-state index contributed by atoms with van der Waals surface area (Å²) in [6, 6.07) is 14.6. The van der Waals surface area contributed by atoms with Crippen molar-refractivity contribution < 1.29 is 15.0 Å². The van der Waals surface area contributed by atoms with Crippen molar-refractivity contribution in [2.24, 2.45) is 0 Å². The van der Waals surface area contributed by atoms with Gasteiger partial charge in [-0.25, -0.2) is 4.79 Å². The lowest BCUT2D eigenvalue weighted by Gasteiger charge is -2.47. The molecule has 0 saturated carbocycles. The number of aromatic hydroxyl groups is 1. The van der Waals surface area contributed by atoms with Crippen molar-refractivity contribution in [1.82, 2.24) is 9.80 Å². The third-order valence-corrected chi connectivity index (χ3v) is 5.53. The van der Waals surface area contributed by atoms with Crippen molar-refractivity contribution in [3.63, 3.8) is 0 Å². The predicted molar refractivity (Wildman–Crippen MR) is 111 cm³/mol. The van der Waals surface area contributed by atoms with Crippen LogP contribution in [0, 0.1) is 0 Å². The molecule has 148 valence electrons. The molecule has 1 fully saturated rings. The van der Waals surface area contributed by atoms with Gasteiger partial charge in [-0.05, 0) is 43.2 Å². The average Bonchev–Trinajstić information content (AvgIpc) is 2.66. The normalized spacial score (nSPS) is 21.9. The van der Waals surface area contributed by atoms with Gasteiger partial charge in [0.15, 0.2) is 0 Å². The summed E-state index contributed by atoms with van der Waals surface area (Å²) < 4.78 is 0. The molecule has 5 heteroatoms. The molecule has 0 aromatic heterocycles. The Bertz CT molecular complexity index is 851. The summed E-state index contributed by atoms with van der Waals surface area (Å²) in [4.78, 5) is 16.6. The Labute approximate surface area is 166 Å². The van der Waals surface area contributed by atoms with Crippen LogP contribution in [0.2, 0.25) is 0 Å². The monoisotopic (exact) mass is 380 g/mol. The zero-order valence-corrected chi connectivity index (χ0v) is 16.5. The molecule has 0 aliphatic carbocycles. The summed E-state index contributed by atoms with van der Waals surface area (Å²) >= 11 is 0. The van der Waals surface area contributed by atoms with Crippen molar-refractivity contribution in [2.75, 3.05) is 19.6 Å². The molecule has 0 bridgehead atoms. The molecule has 3 rings (SSSR count). The molecule has 1 heterocycles. The number of rotatable bonds is 6. The smallest absolute Gasteiger partial charge is 0.336 e. The number of carboxylic acids is 1. The van der Waals surface area contributed by atoms with Crippen LogP contribution in [0.1, 0.15) is 41.4 Å². The standard InChI is InChI=1S/C23H28N2O3/c1-4-12-24-14-17(3)25(15-16(24)2)22(18-8-7-9-19(26)13-18)20-10-5-6-11-21(20)23(27)28/h4-11,13,16-17,22,26H,1,12,14-15H2,2-3H3,(H,27,28)/t16?,17-,22?/m1/s1. The number of aromatic carboxylic acids is 1. The van der Waals surface area contributed by atoms with E-state index in [1.165, 1.54) is 0 Å². The van der Waals surface area contributed by atoms with Crippen LogP contribution in [-0.4, -0.2) is 57.7 Å². The number of carbonyl (C=O) groups is 1. The molecule has 1 aliphatic rings. The van der Waals surface area contributed by atoms with E-state index in [2.05, 4.69) is 30.2 Å². The number of carboxylic acid groups (broad SMARTS) is 1. The van der Waals surface area contributed by atoms with E-state index in [-0.39, 0.29) is 17.8 Å². The van der Waals surface area contributed by atoms with Gasteiger partial charge in [0.2, 0.25) is 0 Å². The van der Waals surface area contributed by atoms with Crippen LogP contribution in [0.5, 0.6) is 5.75 Å². The fourth-order valence-electron chi connectivity index (χ4n) is 4.18. The highest BCUT2D eigenvalue weighted by Gasteiger charge is 2.35. The molecule has 0 amide bonds. The molecule has 28 heavy (non-hydrogen) atoms. The van der Waals surface area contributed by atoms with E-state index in [4.69, 9.17) is 0 Å². The fourth-order valence-corrected chi connectivity index (χ4v) is 4.18. The summed E-state index contributed by atoms with van der Waals surface area (Å²) in [6.45, 7) is 10.7. The summed E-state index contributed by atoms with van der Waals surface area (Å²) in [6.07, 6.45) is 1.92. The first-order valence-electron chi connectivity index (χ1n) is 9.64. The Morgan fingerprint density at radius 3 is 2.61 bits per heavy atom. The van der Waals surface area contributed by atoms with E-state index < -0.39 is 5.97 Å². The summed E-state index contributed by atoms with van der Waals surface area (Å²) in [5, 5.41) is 19.8. The maximum atomic E-state index is 11.9. The zero-order valence-electron chi connectivity index (χ0n) is 16.5. The van der Waals surface area contributed by atoms with Gasteiger partial charge < -0.3 is 10.2 Å². The highest BCUT2D eigenvalue weighted by molar-refractivity contribution is 5.89. The number of phenolic OH excluding ortho intramolecular Hbond substituents is 1. The van der Waals surface area contributed by atoms with Gasteiger partial charge >= 0.3 is 5.97 Å². The second-order valence-corrected chi connectivity index (χ2v) is 7.53. The van der Waals surface area contributed by atoms with E-state index in [1.54, 1.807) is 24.3 Å². The SMILES string of the molecule is C=CCN1C[C@@H](C)N(C(c2cccc(O)c2)c2ccccc2C(=O)O)CC1C. The molecule has 2 N–H and O–H groups in total. The van der Waals surface area contributed by atoms with Gasteiger partial charge in [0.1, 0.15) is 5.75 Å². The maximum Gasteiger partial charge on any atom is 0.336 e. The lowest BCUT2D eigenvalue weighted by atomic mass is 9.90. The number of nitrogens with zero attached hydrogens (tertiary/aromatic N) is 2. The van der Waals surface area contributed by atoms with Crippen molar-refractivity contribution in [3.05, 3.63) is 77.9 Å². The first-order chi connectivity index (χ1) is 13.4. The molecule has 1 saturated heterocycles. The number of benzene rings is 2. The predicted octanol–water partition coefficient (Wildman–Crippen LogP) is 3.76. The first kappa shape index (κ1) is 20.1. The molecule has 2 aromatic rings. The third kappa shape index (κ3) is 4.11. The van der Waals surface area contributed by atoms with Crippen LogP contribution in [0.3, 0.4) is 0 Å². The number of hydrogen-bond donors (Lipinski definition) is 2.